The lowest BCUT2D eigenvalue weighted by atomic mass is 9.80. The summed E-state index contributed by atoms with van der Waals surface area (Å²) >= 11 is 0. The third kappa shape index (κ3) is 4.69. The fourth-order valence-corrected chi connectivity index (χ4v) is 2.31. The van der Waals surface area contributed by atoms with Crippen molar-refractivity contribution in [1.82, 2.24) is 4.90 Å². The Labute approximate surface area is 121 Å². The maximum atomic E-state index is 11.8. The molecule has 0 unspecified atom stereocenters. The number of hydrogen-bond acceptors (Lipinski definition) is 4. The number of nitrogens with zero attached hydrogens (tertiary/aromatic N) is 1. The van der Waals surface area contributed by atoms with Crippen molar-refractivity contribution in [2.24, 2.45) is 11.3 Å². The molecule has 0 aromatic carbocycles. The lowest BCUT2D eigenvalue weighted by Gasteiger charge is -2.42. The van der Waals surface area contributed by atoms with Gasteiger partial charge in [-0.3, -0.25) is 4.79 Å². The first-order valence-electron chi connectivity index (χ1n) is 7.20. The number of likely N-dealkylation sites (tertiary alicyclic amines) is 1. The fourth-order valence-electron chi connectivity index (χ4n) is 2.31. The van der Waals surface area contributed by atoms with Gasteiger partial charge in [-0.15, -0.1) is 0 Å². The van der Waals surface area contributed by atoms with Crippen LogP contribution in [0.4, 0.5) is 4.79 Å². The van der Waals surface area contributed by atoms with E-state index < -0.39 is 11.0 Å². The van der Waals surface area contributed by atoms with Gasteiger partial charge in [0, 0.05) is 13.1 Å². The smallest absolute Gasteiger partial charge is 0.410 e. The van der Waals surface area contributed by atoms with E-state index in [1.54, 1.807) is 4.90 Å². The maximum Gasteiger partial charge on any atom is 0.410 e. The van der Waals surface area contributed by atoms with Crippen LogP contribution in [0.25, 0.3) is 0 Å². The Kier molecular flexibility index (Phi) is 5.05. The molecule has 5 nitrogen and oxygen atoms in total. The molecule has 0 atom stereocenters. The number of hydrogen-bond donors (Lipinski definition) is 0. The van der Waals surface area contributed by atoms with Crippen LogP contribution in [0.5, 0.6) is 0 Å². The van der Waals surface area contributed by atoms with Crippen LogP contribution in [0.15, 0.2) is 0 Å². The Morgan fingerprint density at radius 2 is 1.70 bits per heavy atom. The second-order valence-electron chi connectivity index (χ2n) is 7.06. The molecular weight excluding hydrogens is 258 g/mol. The molecule has 0 N–H and O–H groups in total. The summed E-state index contributed by atoms with van der Waals surface area (Å²) in [5, 5.41) is 0. The zero-order valence-electron chi connectivity index (χ0n) is 13.5. The van der Waals surface area contributed by atoms with Crippen molar-refractivity contribution in [3.05, 3.63) is 0 Å². The van der Waals surface area contributed by atoms with Crippen LogP contribution in [0.3, 0.4) is 0 Å². The summed E-state index contributed by atoms with van der Waals surface area (Å²) in [5.74, 6) is 0.164. The number of ether oxygens (including phenoxy) is 2. The number of carbonyl (C=O) groups excluding carboxylic acids is 2. The van der Waals surface area contributed by atoms with Crippen molar-refractivity contribution < 1.29 is 19.1 Å². The minimum Gasteiger partial charge on any atom is -0.466 e. The summed E-state index contributed by atoms with van der Waals surface area (Å²) in [6.07, 6.45) is 0.452. The molecule has 0 radical (unpaired) electrons. The minimum atomic E-state index is -0.499. The first-order valence-corrected chi connectivity index (χ1v) is 7.20. The highest BCUT2D eigenvalue weighted by Crippen LogP contribution is 2.32. The third-order valence-electron chi connectivity index (χ3n) is 3.24. The predicted octanol–water partition coefficient (Wildman–Crippen LogP) is 2.83. The van der Waals surface area contributed by atoms with E-state index in [0.717, 1.165) is 6.42 Å². The van der Waals surface area contributed by atoms with Crippen LogP contribution in [-0.2, 0) is 14.3 Å². The highest BCUT2D eigenvalue weighted by atomic mass is 16.6. The van der Waals surface area contributed by atoms with Crippen LogP contribution >= 0.6 is 0 Å². The van der Waals surface area contributed by atoms with E-state index in [0.29, 0.717) is 25.6 Å². The van der Waals surface area contributed by atoms with Crippen LogP contribution in [-0.4, -0.2) is 42.3 Å². The number of amides is 1. The number of rotatable bonds is 4. The molecule has 1 aliphatic rings. The second kappa shape index (κ2) is 6.02. The van der Waals surface area contributed by atoms with Crippen molar-refractivity contribution in [3.8, 4) is 0 Å². The maximum absolute atomic E-state index is 11.8. The molecule has 0 aliphatic carbocycles. The first kappa shape index (κ1) is 16.8. The summed E-state index contributed by atoms with van der Waals surface area (Å²) in [5.41, 5.74) is -0.965. The Morgan fingerprint density at radius 3 is 2.15 bits per heavy atom. The molecule has 1 aliphatic heterocycles. The largest absolute Gasteiger partial charge is 0.466 e. The Balaban J connectivity index is 2.38. The molecular formula is C15H27NO4. The Morgan fingerprint density at radius 1 is 1.15 bits per heavy atom. The molecule has 0 bridgehead atoms. The molecule has 1 saturated heterocycles. The van der Waals surface area contributed by atoms with Crippen LogP contribution < -0.4 is 0 Å². The van der Waals surface area contributed by atoms with Gasteiger partial charge in [0.2, 0.25) is 0 Å². The normalized spacial score (nSPS) is 16.6. The molecule has 20 heavy (non-hydrogen) atoms. The van der Waals surface area contributed by atoms with Crippen molar-refractivity contribution in [3.63, 3.8) is 0 Å². The summed E-state index contributed by atoms with van der Waals surface area (Å²) in [6, 6.07) is 0. The monoisotopic (exact) mass is 285 g/mol. The third-order valence-corrected chi connectivity index (χ3v) is 3.24. The molecule has 0 spiro atoms. The van der Waals surface area contributed by atoms with E-state index in [9.17, 15) is 9.59 Å². The van der Waals surface area contributed by atoms with E-state index >= 15 is 0 Å². The summed E-state index contributed by atoms with van der Waals surface area (Å²) < 4.78 is 10.4. The Bertz CT molecular complexity index is 365. The predicted molar refractivity (Wildman–Crippen MR) is 76.3 cm³/mol. The van der Waals surface area contributed by atoms with Gasteiger partial charge in [-0.2, -0.15) is 0 Å². The number of carbonyl (C=O) groups is 2. The van der Waals surface area contributed by atoms with Gasteiger partial charge in [0.15, 0.2) is 0 Å². The van der Waals surface area contributed by atoms with E-state index in [4.69, 9.17) is 9.47 Å². The average Bonchev–Trinajstić information content (AvgIpc) is 2.20. The topological polar surface area (TPSA) is 55.8 Å². The van der Waals surface area contributed by atoms with Gasteiger partial charge in [0.05, 0.1) is 12.0 Å². The SMILES string of the molecule is CCOC(=O)C(C)(C)CC1CN(C(=O)OC(C)(C)C)C1. The van der Waals surface area contributed by atoms with Gasteiger partial charge in [-0.25, -0.2) is 4.79 Å². The molecule has 0 saturated carbocycles. The van der Waals surface area contributed by atoms with Crippen molar-refractivity contribution in [1.29, 1.82) is 0 Å². The zero-order chi connectivity index (χ0) is 15.6. The molecule has 0 aromatic heterocycles. The van der Waals surface area contributed by atoms with Crippen LogP contribution in [0, 0.1) is 11.3 Å². The first-order chi connectivity index (χ1) is 9.05. The second-order valence-corrected chi connectivity index (χ2v) is 7.06. The highest BCUT2D eigenvalue weighted by Gasteiger charge is 2.39. The molecule has 1 fully saturated rings. The standard InChI is InChI=1S/C15H27NO4/c1-7-19-12(17)15(5,6)8-11-9-16(10-11)13(18)20-14(2,3)4/h11H,7-10H2,1-6H3. The minimum absolute atomic E-state index is 0.171. The van der Waals surface area contributed by atoms with Gasteiger partial charge in [-0.05, 0) is 53.9 Å². The quantitative estimate of drug-likeness (QED) is 0.745. The van der Waals surface area contributed by atoms with E-state index in [2.05, 4.69) is 0 Å². The average molecular weight is 285 g/mol. The van der Waals surface area contributed by atoms with Gasteiger partial charge < -0.3 is 14.4 Å². The zero-order valence-corrected chi connectivity index (χ0v) is 13.5. The summed E-state index contributed by atoms with van der Waals surface area (Å²) in [4.78, 5) is 25.3. The van der Waals surface area contributed by atoms with E-state index in [-0.39, 0.29) is 12.1 Å². The lowest BCUT2D eigenvalue weighted by Crippen LogP contribution is -2.53. The van der Waals surface area contributed by atoms with E-state index in [1.807, 2.05) is 41.5 Å². The molecule has 1 heterocycles. The summed E-state index contributed by atoms with van der Waals surface area (Å²) in [7, 11) is 0. The summed E-state index contributed by atoms with van der Waals surface area (Å²) in [6.45, 7) is 12.8. The Hall–Kier alpha value is -1.26. The van der Waals surface area contributed by atoms with Gasteiger partial charge in [-0.1, -0.05) is 0 Å². The lowest BCUT2D eigenvalue weighted by molar-refractivity contribution is -0.155. The van der Waals surface area contributed by atoms with Gasteiger partial charge in [0.25, 0.3) is 0 Å². The molecule has 0 aromatic rings. The van der Waals surface area contributed by atoms with Crippen LogP contribution in [0.1, 0.15) is 48.0 Å². The number of esters is 1. The van der Waals surface area contributed by atoms with E-state index in [1.165, 1.54) is 0 Å². The van der Waals surface area contributed by atoms with Crippen LogP contribution in [0.2, 0.25) is 0 Å². The van der Waals surface area contributed by atoms with Crippen molar-refractivity contribution in [2.75, 3.05) is 19.7 Å². The highest BCUT2D eigenvalue weighted by molar-refractivity contribution is 5.76. The molecule has 1 amide bonds. The molecule has 5 heteroatoms. The molecule has 116 valence electrons. The van der Waals surface area contributed by atoms with Crippen molar-refractivity contribution >= 4 is 12.1 Å². The fraction of sp³-hybridized carbons (Fsp3) is 0.867. The molecule has 1 rings (SSSR count). The van der Waals surface area contributed by atoms with Gasteiger partial charge >= 0.3 is 12.1 Å². The van der Waals surface area contributed by atoms with Crippen molar-refractivity contribution in [2.45, 2.75) is 53.6 Å². The van der Waals surface area contributed by atoms with Gasteiger partial charge in [0.1, 0.15) is 5.60 Å².